The largest absolute Gasteiger partial charge is 0.497 e. The molecule has 0 aliphatic rings. The van der Waals surface area contributed by atoms with Crippen LogP contribution >= 0.6 is 0 Å². The summed E-state index contributed by atoms with van der Waals surface area (Å²) in [6.07, 6.45) is 3.03. The maximum absolute atomic E-state index is 12.4. The predicted molar refractivity (Wildman–Crippen MR) is 106 cm³/mol. The summed E-state index contributed by atoms with van der Waals surface area (Å²) >= 11 is 0. The van der Waals surface area contributed by atoms with Crippen molar-refractivity contribution in [3.05, 3.63) is 77.1 Å². The number of aromatic nitrogens is 2. The second kappa shape index (κ2) is 8.31. The molecule has 0 fully saturated rings. The number of benzene rings is 2. The zero-order chi connectivity index (χ0) is 19.2. The summed E-state index contributed by atoms with van der Waals surface area (Å²) in [4.78, 5) is 20.8. The number of amides is 1. The molecule has 0 spiro atoms. The van der Waals surface area contributed by atoms with Gasteiger partial charge in [-0.05, 0) is 43.2 Å². The summed E-state index contributed by atoms with van der Waals surface area (Å²) in [5, 5.41) is 6.03. The lowest BCUT2D eigenvalue weighted by atomic mass is 10.1. The maximum atomic E-state index is 12.4. The van der Waals surface area contributed by atoms with E-state index in [0.717, 1.165) is 28.1 Å². The molecule has 1 heterocycles. The van der Waals surface area contributed by atoms with E-state index in [9.17, 15) is 4.79 Å². The van der Waals surface area contributed by atoms with Gasteiger partial charge in [-0.2, -0.15) is 0 Å². The average Bonchev–Trinajstić information content (AvgIpc) is 2.69. The van der Waals surface area contributed by atoms with Gasteiger partial charge in [-0.3, -0.25) is 4.79 Å². The molecule has 2 N–H and O–H groups in total. The molecule has 1 aromatic heterocycles. The van der Waals surface area contributed by atoms with Gasteiger partial charge >= 0.3 is 0 Å². The first-order chi connectivity index (χ1) is 13.0. The number of nitrogens with one attached hydrogen (secondary N) is 2. The van der Waals surface area contributed by atoms with Gasteiger partial charge in [0.25, 0.3) is 5.91 Å². The Kier molecular flexibility index (Phi) is 5.66. The molecule has 6 nitrogen and oxygen atoms in total. The number of aryl methyl sites for hydroxylation is 2. The zero-order valence-corrected chi connectivity index (χ0v) is 15.6. The Morgan fingerprint density at radius 2 is 1.74 bits per heavy atom. The number of methoxy groups -OCH3 is 1. The van der Waals surface area contributed by atoms with Gasteiger partial charge in [-0.1, -0.05) is 29.8 Å². The van der Waals surface area contributed by atoms with Crippen molar-refractivity contribution >= 4 is 17.5 Å². The van der Waals surface area contributed by atoms with E-state index in [-0.39, 0.29) is 5.91 Å². The molecule has 3 rings (SSSR count). The lowest BCUT2D eigenvalue weighted by Crippen LogP contribution is -2.14. The second-order valence-corrected chi connectivity index (χ2v) is 6.27. The highest BCUT2D eigenvalue weighted by Crippen LogP contribution is 2.17. The van der Waals surface area contributed by atoms with Crippen LogP contribution in [0.3, 0.4) is 0 Å². The molecule has 1 amide bonds. The van der Waals surface area contributed by atoms with Crippen molar-refractivity contribution in [2.45, 2.75) is 20.4 Å². The maximum Gasteiger partial charge on any atom is 0.258 e. The predicted octanol–water partition coefficient (Wildman–Crippen LogP) is 3.97. The second-order valence-electron chi connectivity index (χ2n) is 6.27. The van der Waals surface area contributed by atoms with Gasteiger partial charge in [-0.25, -0.2) is 9.97 Å². The SMILES string of the molecule is COc1ccc(CNc2ncc(C(=O)Nc3ccc(C)cc3C)cn2)cc1. The fourth-order valence-electron chi connectivity index (χ4n) is 2.61. The Labute approximate surface area is 158 Å². The van der Waals surface area contributed by atoms with Crippen LogP contribution in [0.15, 0.2) is 54.9 Å². The summed E-state index contributed by atoms with van der Waals surface area (Å²) in [5.41, 5.74) is 4.44. The van der Waals surface area contributed by atoms with Crippen molar-refractivity contribution in [2.75, 3.05) is 17.7 Å². The summed E-state index contributed by atoms with van der Waals surface area (Å²) in [7, 11) is 1.64. The lowest BCUT2D eigenvalue weighted by Gasteiger charge is -2.09. The molecule has 2 aromatic carbocycles. The molecule has 3 aromatic rings. The fourth-order valence-corrected chi connectivity index (χ4v) is 2.61. The van der Waals surface area contributed by atoms with Crippen molar-refractivity contribution in [3.63, 3.8) is 0 Å². The van der Waals surface area contributed by atoms with Gasteiger partial charge in [0.1, 0.15) is 5.75 Å². The molecular weight excluding hydrogens is 340 g/mol. The Morgan fingerprint density at radius 1 is 1.04 bits per heavy atom. The van der Waals surface area contributed by atoms with Gasteiger partial charge in [0.15, 0.2) is 0 Å². The molecule has 0 saturated heterocycles. The van der Waals surface area contributed by atoms with Gasteiger partial charge in [0.05, 0.1) is 12.7 Å². The molecule has 0 aliphatic heterocycles. The van der Waals surface area contributed by atoms with Gasteiger partial charge in [0, 0.05) is 24.6 Å². The van der Waals surface area contributed by atoms with Crippen LogP contribution in [0.25, 0.3) is 0 Å². The molecule has 0 atom stereocenters. The fraction of sp³-hybridized carbons (Fsp3) is 0.190. The average molecular weight is 362 g/mol. The van der Waals surface area contributed by atoms with Crippen molar-refractivity contribution in [3.8, 4) is 5.75 Å². The zero-order valence-electron chi connectivity index (χ0n) is 15.6. The summed E-state index contributed by atoms with van der Waals surface area (Å²) in [6.45, 7) is 4.56. The molecule has 0 unspecified atom stereocenters. The van der Waals surface area contributed by atoms with Crippen LogP contribution in [0.2, 0.25) is 0 Å². The number of nitrogens with zero attached hydrogens (tertiary/aromatic N) is 2. The molecule has 27 heavy (non-hydrogen) atoms. The summed E-state index contributed by atoms with van der Waals surface area (Å²) in [5.74, 6) is 1.05. The minimum atomic E-state index is -0.233. The van der Waals surface area contributed by atoms with E-state index in [0.29, 0.717) is 18.1 Å². The molecule has 0 aliphatic carbocycles. The van der Waals surface area contributed by atoms with Crippen LogP contribution in [0.4, 0.5) is 11.6 Å². The third kappa shape index (κ3) is 4.82. The molecule has 0 saturated carbocycles. The van der Waals surface area contributed by atoms with Gasteiger partial charge in [-0.15, -0.1) is 0 Å². The quantitative estimate of drug-likeness (QED) is 0.694. The Bertz CT molecular complexity index is 922. The molecule has 0 bridgehead atoms. The number of anilines is 2. The van der Waals surface area contributed by atoms with E-state index in [2.05, 4.69) is 20.6 Å². The van der Waals surface area contributed by atoms with Crippen LogP contribution in [0.1, 0.15) is 27.0 Å². The van der Waals surface area contributed by atoms with E-state index in [1.807, 2.05) is 56.3 Å². The standard InChI is InChI=1S/C21H22N4O2/c1-14-4-9-19(15(2)10-14)25-20(26)17-12-23-21(24-13-17)22-11-16-5-7-18(27-3)8-6-16/h4-10,12-13H,11H2,1-3H3,(H,25,26)(H,22,23,24). The van der Waals surface area contributed by atoms with Crippen LogP contribution in [0, 0.1) is 13.8 Å². The minimum absolute atomic E-state index is 0.233. The van der Waals surface area contributed by atoms with E-state index in [4.69, 9.17) is 4.74 Å². The molecule has 138 valence electrons. The molecule has 6 heteroatoms. The summed E-state index contributed by atoms with van der Waals surface area (Å²) < 4.78 is 5.14. The normalized spacial score (nSPS) is 10.3. The number of ether oxygens (including phenoxy) is 1. The van der Waals surface area contributed by atoms with Crippen LogP contribution in [0.5, 0.6) is 5.75 Å². The number of hydrogen-bond donors (Lipinski definition) is 2. The highest BCUT2D eigenvalue weighted by molar-refractivity contribution is 6.04. The van der Waals surface area contributed by atoms with E-state index >= 15 is 0 Å². The smallest absolute Gasteiger partial charge is 0.258 e. The highest BCUT2D eigenvalue weighted by atomic mass is 16.5. The van der Waals surface area contributed by atoms with Crippen molar-refractivity contribution in [1.29, 1.82) is 0 Å². The Hall–Kier alpha value is -3.41. The van der Waals surface area contributed by atoms with Crippen LogP contribution in [-0.2, 0) is 6.54 Å². The van der Waals surface area contributed by atoms with Crippen LogP contribution in [-0.4, -0.2) is 23.0 Å². The number of hydrogen-bond acceptors (Lipinski definition) is 5. The minimum Gasteiger partial charge on any atom is -0.497 e. The number of carbonyl (C=O) groups excluding carboxylic acids is 1. The molecular formula is C21H22N4O2. The first kappa shape index (κ1) is 18.4. The third-order valence-corrected chi connectivity index (χ3v) is 4.15. The Morgan fingerprint density at radius 3 is 2.37 bits per heavy atom. The highest BCUT2D eigenvalue weighted by Gasteiger charge is 2.09. The number of rotatable bonds is 6. The van der Waals surface area contributed by atoms with Gasteiger partial charge < -0.3 is 15.4 Å². The number of carbonyl (C=O) groups is 1. The topological polar surface area (TPSA) is 76.1 Å². The van der Waals surface area contributed by atoms with Crippen LogP contribution < -0.4 is 15.4 Å². The van der Waals surface area contributed by atoms with Crippen molar-refractivity contribution in [2.24, 2.45) is 0 Å². The van der Waals surface area contributed by atoms with Crippen molar-refractivity contribution in [1.82, 2.24) is 9.97 Å². The van der Waals surface area contributed by atoms with E-state index in [1.54, 1.807) is 7.11 Å². The molecule has 0 radical (unpaired) electrons. The third-order valence-electron chi connectivity index (χ3n) is 4.15. The first-order valence-corrected chi connectivity index (χ1v) is 8.62. The lowest BCUT2D eigenvalue weighted by molar-refractivity contribution is 0.102. The van der Waals surface area contributed by atoms with Gasteiger partial charge in [0.2, 0.25) is 5.95 Å². The van der Waals surface area contributed by atoms with E-state index < -0.39 is 0 Å². The first-order valence-electron chi connectivity index (χ1n) is 8.62. The van der Waals surface area contributed by atoms with E-state index in [1.165, 1.54) is 12.4 Å². The van der Waals surface area contributed by atoms with Crippen molar-refractivity contribution < 1.29 is 9.53 Å². The summed E-state index contributed by atoms with van der Waals surface area (Å²) in [6, 6.07) is 13.6. The Balaban J connectivity index is 1.59. The monoisotopic (exact) mass is 362 g/mol.